The number of nitrogens with zero attached hydrogens (tertiary/aromatic N) is 2. The number of aromatic nitrogens is 1. The second-order valence-corrected chi connectivity index (χ2v) is 10.1. The Morgan fingerprint density at radius 3 is 2.37 bits per heavy atom. The molecule has 0 unspecified atom stereocenters. The molecule has 0 fully saturated rings. The van der Waals surface area contributed by atoms with Crippen molar-refractivity contribution >= 4 is 41.1 Å². The van der Waals surface area contributed by atoms with Crippen molar-refractivity contribution in [2.24, 2.45) is 4.99 Å². The number of thioether (sulfide) groups is 1. The summed E-state index contributed by atoms with van der Waals surface area (Å²) in [6.45, 7) is 5.31. The number of rotatable bonds is 6. The van der Waals surface area contributed by atoms with Crippen LogP contribution in [0.4, 0.5) is 0 Å². The van der Waals surface area contributed by atoms with Crippen molar-refractivity contribution in [3.8, 4) is 0 Å². The lowest BCUT2D eigenvalue weighted by atomic mass is 9.96. The number of carbonyl (C=O) groups is 2. The summed E-state index contributed by atoms with van der Waals surface area (Å²) in [7, 11) is 0. The third-order valence-corrected chi connectivity index (χ3v) is 7.20. The fraction of sp³-hybridized carbons (Fsp3) is 0.231. The van der Waals surface area contributed by atoms with Crippen molar-refractivity contribution in [2.45, 2.75) is 37.8 Å². The third kappa shape index (κ3) is 5.01. The van der Waals surface area contributed by atoms with Gasteiger partial charge in [-0.2, -0.15) is 0 Å². The van der Waals surface area contributed by atoms with Crippen LogP contribution in [0.2, 0.25) is 0 Å². The quantitative estimate of drug-likeness (QED) is 0.404. The molecule has 0 saturated carbocycles. The second kappa shape index (κ2) is 10.1. The molecule has 0 radical (unpaired) electrons. The molecule has 7 nitrogen and oxygen atoms in total. The van der Waals surface area contributed by atoms with E-state index < -0.39 is 18.0 Å². The molecule has 1 aliphatic rings. The molecule has 0 aliphatic carbocycles. The fourth-order valence-corrected chi connectivity index (χ4v) is 5.29. The summed E-state index contributed by atoms with van der Waals surface area (Å²) in [5.41, 5.74) is 2.20. The summed E-state index contributed by atoms with van der Waals surface area (Å²) >= 11 is 2.83. The van der Waals surface area contributed by atoms with Gasteiger partial charge in [0, 0.05) is 4.90 Å². The Morgan fingerprint density at radius 2 is 1.80 bits per heavy atom. The Bertz CT molecular complexity index is 1500. The molecule has 0 saturated heterocycles. The zero-order valence-corrected chi connectivity index (χ0v) is 21.3. The van der Waals surface area contributed by atoms with Crippen LogP contribution in [-0.2, 0) is 9.53 Å². The zero-order valence-electron chi connectivity index (χ0n) is 19.6. The van der Waals surface area contributed by atoms with Gasteiger partial charge in [0.05, 0.1) is 33.5 Å². The Kier molecular flexibility index (Phi) is 7.09. The topological polar surface area (TPSA) is 98.0 Å². The Hall–Kier alpha value is -3.43. The molecule has 2 aromatic carbocycles. The van der Waals surface area contributed by atoms with E-state index in [1.165, 1.54) is 23.5 Å². The Morgan fingerprint density at radius 1 is 1.14 bits per heavy atom. The zero-order chi connectivity index (χ0) is 25.3. The van der Waals surface area contributed by atoms with E-state index in [1.807, 2.05) is 30.5 Å². The lowest BCUT2D eigenvalue weighted by Gasteiger charge is -2.25. The van der Waals surface area contributed by atoms with Gasteiger partial charge in [0.15, 0.2) is 4.80 Å². The van der Waals surface area contributed by atoms with Gasteiger partial charge in [0.2, 0.25) is 0 Å². The predicted octanol–water partition coefficient (Wildman–Crippen LogP) is 3.61. The number of carbonyl (C=O) groups excluding carboxylic acids is 1. The SMILES string of the molecule is CSc1ccc([C@@H]2C(C(=O)OC(C)C)=C(C)N=c3s/c(=C/c4ccc(C(=O)O)cc4)c(=O)n32)cc1. The van der Waals surface area contributed by atoms with Gasteiger partial charge in [0.25, 0.3) is 5.56 Å². The minimum atomic E-state index is -1.01. The van der Waals surface area contributed by atoms with Crippen LogP contribution in [-0.4, -0.2) is 34.0 Å². The highest BCUT2D eigenvalue weighted by molar-refractivity contribution is 7.98. The molecule has 4 rings (SSSR count). The van der Waals surface area contributed by atoms with E-state index in [-0.39, 0.29) is 17.2 Å². The van der Waals surface area contributed by atoms with Crippen LogP contribution < -0.4 is 14.9 Å². The molecule has 9 heteroatoms. The molecule has 35 heavy (non-hydrogen) atoms. The molecule has 1 aromatic heterocycles. The molecule has 0 bridgehead atoms. The predicted molar refractivity (Wildman–Crippen MR) is 137 cm³/mol. The molecule has 0 amide bonds. The number of carboxylic acids is 1. The average molecular weight is 509 g/mol. The van der Waals surface area contributed by atoms with E-state index >= 15 is 0 Å². The number of carboxylic acid groups (broad SMARTS) is 1. The van der Waals surface area contributed by atoms with Crippen molar-refractivity contribution in [2.75, 3.05) is 6.26 Å². The van der Waals surface area contributed by atoms with Gasteiger partial charge in [-0.1, -0.05) is 35.6 Å². The smallest absolute Gasteiger partial charge is 0.338 e. The van der Waals surface area contributed by atoms with Gasteiger partial charge in [-0.25, -0.2) is 14.6 Å². The molecule has 3 aromatic rings. The number of aromatic carboxylic acids is 1. The molecule has 180 valence electrons. The molecule has 1 atom stereocenters. The van der Waals surface area contributed by atoms with Crippen LogP contribution >= 0.6 is 23.1 Å². The van der Waals surface area contributed by atoms with E-state index in [4.69, 9.17) is 9.84 Å². The Labute approximate surface area is 210 Å². The van der Waals surface area contributed by atoms with Crippen molar-refractivity contribution in [1.82, 2.24) is 4.57 Å². The number of esters is 1. The number of hydrogen-bond donors (Lipinski definition) is 1. The van der Waals surface area contributed by atoms with Crippen LogP contribution in [0.15, 0.2) is 74.5 Å². The van der Waals surface area contributed by atoms with E-state index in [2.05, 4.69) is 4.99 Å². The second-order valence-electron chi connectivity index (χ2n) is 8.24. The molecule has 1 N–H and O–H groups in total. The first-order chi connectivity index (χ1) is 16.7. The summed E-state index contributed by atoms with van der Waals surface area (Å²) in [6.07, 6.45) is 3.37. The number of fused-ring (bicyclic) bond motifs is 1. The van der Waals surface area contributed by atoms with Crippen LogP contribution in [0.5, 0.6) is 0 Å². The van der Waals surface area contributed by atoms with Crippen molar-refractivity contribution in [1.29, 1.82) is 0 Å². The average Bonchev–Trinajstić information content (AvgIpc) is 3.12. The highest BCUT2D eigenvalue weighted by Gasteiger charge is 2.33. The normalized spacial score (nSPS) is 15.7. The van der Waals surface area contributed by atoms with Crippen molar-refractivity contribution < 1.29 is 19.4 Å². The van der Waals surface area contributed by atoms with Gasteiger partial charge in [-0.15, -0.1) is 11.8 Å². The van der Waals surface area contributed by atoms with Gasteiger partial charge in [-0.3, -0.25) is 9.36 Å². The van der Waals surface area contributed by atoms with Gasteiger partial charge < -0.3 is 9.84 Å². The van der Waals surface area contributed by atoms with E-state index in [9.17, 15) is 14.4 Å². The van der Waals surface area contributed by atoms with Gasteiger partial charge >= 0.3 is 11.9 Å². The molecular formula is C26H24N2O5S2. The van der Waals surface area contributed by atoms with E-state index in [1.54, 1.807) is 55.3 Å². The fourth-order valence-electron chi connectivity index (χ4n) is 3.84. The number of ether oxygens (including phenoxy) is 1. The number of allylic oxidation sites excluding steroid dienone is 1. The minimum Gasteiger partial charge on any atom is -0.478 e. The van der Waals surface area contributed by atoms with E-state index in [0.717, 1.165) is 10.5 Å². The summed E-state index contributed by atoms with van der Waals surface area (Å²) in [5.74, 6) is -1.52. The molecule has 2 heterocycles. The van der Waals surface area contributed by atoms with Gasteiger partial charge in [0.1, 0.15) is 0 Å². The maximum atomic E-state index is 13.6. The standard InChI is InChI=1S/C26H24N2O5S2/c1-14(2)33-25(32)21-15(3)27-26-28(22(21)17-9-11-19(34-4)12-10-17)23(29)20(35-26)13-16-5-7-18(8-6-16)24(30)31/h5-14,22H,1-4H3,(H,30,31)/b20-13+/t22-/m1/s1. The van der Waals surface area contributed by atoms with Crippen LogP contribution in [0, 0.1) is 0 Å². The van der Waals surface area contributed by atoms with Crippen LogP contribution in [0.25, 0.3) is 6.08 Å². The molecule has 0 spiro atoms. The first-order valence-electron chi connectivity index (χ1n) is 10.9. The summed E-state index contributed by atoms with van der Waals surface area (Å²) in [6, 6.07) is 13.4. The number of thiazole rings is 1. The van der Waals surface area contributed by atoms with Crippen molar-refractivity contribution in [3.05, 3.63) is 96.2 Å². The lowest BCUT2D eigenvalue weighted by Crippen LogP contribution is -2.40. The minimum absolute atomic E-state index is 0.168. The largest absolute Gasteiger partial charge is 0.478 e. The number of benzene rings is 2. The summed E-state index contributed by atoms with van der Waals surface area (Å²) < 4.78 is 7.49. The molecule has 1 aliphatic heterocycles. The third-order valence-electron chi connectivity index (χ3n) is 5.47. The van der Waals surface area contributed by atoms with Crippen LogP contribution in [0.3, 0.4) is 0 Å². The van der Waals surface area contributed by atoms with Gasteiger partial charge in [-0.05, 0) is 68.5 Å². The first-order valence-corrected chi connectivity index (χ1v) is 12.9. The highest BCUT2D eigenvalue weighted by atomic mass is 32.2. The summed E-state index contributed by atoms with van der Waals surface area (Å²) in [5, 5.41) is 9.12. The highest BCUT2D eigenvalue weighted by Crippen LogP contribution is 2.32. The van der Waals surface area contributed by atoms with E-state index in [0.29, 0.717) is 26.2 Å². The van der Waals surface area contributed by atoms with Crippen molar-refractivity contribution in [3.63, 3.8) is 0 Å². The number of hydrogen-bond acceptors (Lipinski definition) is 7. The first kappa shape index (κ1) is 24.7. The monoisotopic (exact) mass is 508 g/mol. The Balaban J connectivity index is 1.89. The lowest BCUT2D eigenvalue weighted by molar-refractivity contribution is -0.143. The summed E-state index contributed by atoms with van der Waals surface area (Å²) in [4.78, 5) is 44.0. The maximum absolute atomic E-state index is 13.6. The maximum Gasteiger partial charge on any atom is 0.338 e. The molecular weight excluding hydrogens is 484 g/mol. The van der Waals surface area contributed by atoms with Crippen LogP contribution in [0.1, 0.15) is 48.3 Å².